The molecule has 0 aliphatic heterocycles. The molecule has 2 N–H and O–H groups in total. The highest BCUT2D eigenvalue weighted by Gasteiger charge is 2.51. The fourth-order valence-electron chi connectivity index (χ4n) is 2.98. The number of aromatic nitrogens is 2. The lowest BCUT2D eigenvalue weighted by Gasteiger charge is -2.25. The van der Waals surface area contributed by atoms with Gasteiger partial charge in [0.05, 0.1) is 36.1 Å². The van der Waals surface area contributed by atoms with Crippen LogP contribution in [0.2, 0.25) is 5.02 Å². The van der Waals surface area contributed by atoms with E-state index in [0.717, 1.165) is 18.5 Å². The van der Waals surface area contributed by atoms with Crippen LogP contribution in [-0.2, 0) is 16.7 Å². The average molecular weight is 306 g/mol. The van der Waals surface area contributed by atoms with Gasteiger partial charge in [-0.25, -0.2) is 0 Å². The van der Waals surface area contributed by atoms with Crippen LogP contribution in [0, 0.1) is 0 Å². The topological polar surface area (TPSA) is 53.1 Å². The van der Waals surface area contributed by atoms with Gasteiger partial charge in [0.2, 0.25) is 0 Å². The van der Waals surface area contributed by atoms with Crippen molar-refractivity contribution in [3.8, 4) is 0 Å². The Kier molecular flexibility index (Phi) is 4.02. The van der Waals surface area contributed by atoms with Crippen LogP contribution in [0.3, 0.4) is 0 Å². The molecule has 3 rings (SSSR count). The van der Waals surface area contributed by atoms with Gasteiger partial charge in [-0.2, -0.15) is 5.10 Å². The Bertz CT molecular complexity index is 607. The summed E-state index contributed by atoms with van der Waals surface area (Å²) < 4.78 is 7.01. The first kappa shape index (κ1) is 14.6. The lowest BCUT2D eigenvalue weighted by molar-refractivity contribution is 0.181. The molecule has 5 heteroatoms. The summed E-state index contributed by atoms with van der Waals surface area (Å²) in [5.74, 6) is 0. The highest BCUT2D eigenvalue weighted by atomic mass is 35.5. The van der Waals surface area contributed by atoms with Gasteiger partial charge in [0.15, 0.2) is 0 Å². The zero-order valence-electron chi connectivity index (χ0n) is 12.1. The molecule has 1 atom stereocenters. The summed E-state index contributed by atoms with van der Waals surface area (Å²) in [6.45, 7) is 1.26. The average Bonchev–Trinajstić information content (AvgIpc) is 3.25. The Morgan fingerprint density at radius 2 is 2.10 bits per heavy atom. The van der Waals surface area contributed by atoms with Crippen LogP contribution in [0.4, 0.5) is 0 Å². The molecule has 1 heterocycles. The number of nitrogens with two attached hydrogens (primary N) is 1. The third-order valence-corrected chi connectivity index (χ3v) is 4.66. The van der Waals surface area contributed by atoms with Crippen LogP contribution in [0.1, 0.15) is 30.1 Å². The van der Waals surface area contributed by atoms with Crippen molar-refractivity contribution in [2.24, 2.45) is 5.73 Å². The predicted molar refractivity (Wildman–Crippen MR) is 83.4 cm³/mol. The molecule has 0 saturated heterocycles. The summed E-state index contributed by atoms with van der Waals surface area (Å²) in [6, 6.07) is 10.3. The number of benzene rings is 1. The van der Waals surface area contributed by atoms with Crippen molar-refractivity contribution in [2.75, 3.05) is 13.7 Å². The second-order valence-corrected chi connectivity index (χ2v) is 6.00. The van der Waals surface area contributed by atoms with Crippen molar-refractivity contribution >= 4 is 11.6 Å². The minimum Gasteiger partial charge on any atom is -0.383 e. The second kappa shape index (κ2) is 5.79. The van der Waals surface area contributed by atoms with Gasteiger partial charge in [0.1, 0.15) is 0 Å². The van der Waals surface area contributed by atoms with Crippen LogP contribution in [0.15, 0.2) is 36.5 Å². The van der Waals surface area contributed by atoms with E-state index in [2.05, 4.69) is 29.4 Å². The molecule has 1 saturated carbocycles. The molecule has 0 radical (unpaired) electrons. The van der Waals surface area contributed by atoms with Gasteiger partial charge < -0.3 is 10.5 Å². The molecule has 1 aromatic heterocycles. The van der Waals surface area contributed by atoms with Crippen molar-refractivity contribution in [3.63, 3.8) is 0 Å². The summed E-state index contributed by atoms with van der Waals surface area (Å²) in [5.41, 5.74) is 8.79. The zero-order chi connectivity index (χ0) is 14.9. The molecule has 4 nitrogen and oxygen atoms in total. The van der Waals surface area contributed by atoms with Crippen molar-refractivity contribution in [3.05, 3.63) is 52.8 Å². The molecule has 1 fully saturated rings. The monoisotopic (exact) mass is 305 g/mol. The number of methoxy groups -OCH3 is 1. The largest absolute Gasteiger partial charge is 0.383 e. The molecule has 1 aromatic carbocycles. The predicted octanol–water partition coefficient (Wildman–Crippen LogP) is 2.91. The van der Waals surface area contributed by atoms with E-state index in [1.165, 1.54) is 5.56 Å². The number of rotatable bonds is 6. The van der Waals surface area contributed by atoms with Gasteiger partial charge in [-0.05, 0) is 18.4 Å². The first-order chi connectivity index (χ1) is 10.2. The van der Waals surface area contributed by atoms with Crippen LogP contribution in [0.25, 0.3) is 0 Å². The molecule has 1 unspecified atom stereocenters. The van der Waals surface area contributed by atoms with Crippen LogP contribution >= 0.6 is 11.6 Å². The van der Waals surface area contributed by atoms with Crippen molar-refractivity contribution in [1.82, 2.24) is 9.78 Å². The maximum Gasteiger partial charge on any atom is 0.0834 e. The van der Waals surface area contributed by atoms with E-state index in [-0.39, 0.29) is 11.5 Å². The second-order valence-electron chi connectivity index (χ2n) is 5.59. The van der Waals surface area contributed by atoms with Crippen molar-refractivity contribution in [2.45, 2.75) is 30.8 Å². The summed E-state index contributed by atoms with van der Waals surface area (Å²) in [7, 11) is 1.68. The van der Waals surface area contributed by atoms with Gasteiger partial charge in [-0.15, -0.1) is 0 Å². The van der Waals surface area contributed by atoms with Gasteiger partial charge in [0.25, 0.3) is 0 Å². The maximum atomic E-state index is 6.60. The highest BCUT2D eigenvalue weighted by molar-refractivity contribution is 6.31. The Labute approximate surface area is 129 Å². The maximum absolute atomic E-state index is 6.60. The molecule has 112 valence electrons. The third-order valence-electron chi connectivity index (χ3n) is 4.37. The summed E-state index contributed by atoms with van der Waals surface area (Å²) in [5, 5.41) is 4.97. The lowest BCUT2D eigenvalue weighted by Crippen LogP contribution is -2.29. The van der Waals surface area contributed by atoms with E-state index in [1.54, 1.807) is 13.3 Å². The quantitative estimate of drug-likeness (QED) is 0.893. The van der Waals surface area contributed by atoms with Crippen molar-refractivity contribution < 1.29 is 4.74 Å². The highest BCUT2D eigenvalue weighted by Crippen LogP contribution is 2.56. The Morgan fingerprint density at radius 3 is 2.71 bits per heavy atom. The molecular formula is C16H20ClN3O. The zero-order valence-corrected chi connectivity index (χ0v) is 12.9. The van der Waals surface area contributed by atoms with Crippen molar-refractivity contribution in [1.29, 1.82) is 0 Å². The lowest BCUT2D eigenvalue weighted by atomic mass is 9.86. The minimum atomic E-state index is -0.147. The normalized spacial score (nSPS) is 17.7. The molecule has 1 aliphatic rings. The van der Waals surface area contributed by atoms with Crippen LogP contribution in [0.5, 0.6) is 0 Å². The smallest absolute Gasteiger partial charge is 0.0834 e. The summed E-state index contributed by atoms with van der Waals surface area (Å²) in [4.78, 5) is 0. The number of halogens is 1. The van der Waals surface area contributed by atoms with E-state index < -0.39 is 0 Å². The number of nitrogens with zero attached hydrogens (tertiary/aromatic N) is 2. The molecular weight excluding hydrogens is 286 g/mol. The van der Waals surface area contributed by atoms with E-state index in [4.69, 9.17) is 22.1 Å². The molecule has 0 bridgehead atoms. The van der Waals surface area contributed by atoms with E-state index in [9.17, 15) is 0 Å². The van der Waals surface area contributed by atoms with E-state index >= 15 is 0 Å². The van der Waals surface area contributed by atoms with Gasteiger partial charge >= 0.3 is 0 Å². The Morgan fingerprint density at radius 1 is 1.38 bits per heavy atom. The molecule has 1 aliphatic carbocycles. The summed E-state index contributed by atoms with van der Waals surface area (Å²) in [6.07, 6.45) is 3.85. The first-order valence-electron chi connectivity index (χ1n) is 7.20. The van der Waals surface area contributed by atoms with Gasteiger partial charge in [0, 0.05) is 12.5 Å². The van der Waals surface area contributed by atoms with Gasteiger partial charge in [-0.3, -0.25) is 4.68 Å². The van der Waals surface area contributed by atoms with Crippen LogP contribution in [-0.4, -0.2) is 23.5 Å². The number of ether oxygens (including phenoxy) is 1. The third kappa shape index (κ3) is 2.59. The van der Waals surface area contributed by atoms with E-state index in [0.29, 0.717) is 18.2 Å². The number of hydrogen-bond acceptors (Lipinski definition) is 3. The Hall–Kier alpha value is -1.36. The SMILES string of the molecule is COCCn1ncc(Cl)c1C(N)C1(c2ccccc2)CC1. The van der Waals surface area contributed by atoms with Gasteiger partial charge in [-0.1, -0.05) is 41.9 Å². The first-order valence-corrected chi connectivity index (χ1v) is 7.58. The Balaban J connectivity index is 1.92. The summed E-state index contributed by atoms with van der Waals surface area (Å²) >= 11 is 6.34. The molecule has 2 aromatic rings. The molecule has 0 amide bonds. The van der Waals surface area contributed by atoms with E-state index in [1.807, 2.05) is 10.7 Å². The molecule has 21 heavy (non-hydrogen) atoms. The molecule has 0 spiro atoms. The fraction of sp³-hybridized carbons (Fsp3) is 0.438. The minimum absolute atomic E-state index is 0.00421. The number of hydrogen-bond donors (Lipinski definition) is 1. The standard InChI is InChI=1S/C16H20ClN3O/c1-21-10-9-20-14(13(17)11-19-20)15(18)16(7-8-16)12-5-3-2-4-6-12/h2-6,11,15H,7-10,18H2,1H3. The fourth-order valence-corrected chi connectivity index (χ4v) is 3.24. The van der Waals surface area contributed by atoms with Crippen LogP contribution < -0.4 is 5.73 Å².